The fourth-order valence-corrected chi connectivity index (χ4v) is 1.78. The van der Waals surface area contributed by atoms with Crippen molar-refractivity contribution in [2.45, 2.75) is 32.7 Å². The van der Waals surface area contributed by atoms with Crippen molar-refractivity contribution >= 4 is 11.6 Å². The summed E-state index contributed by atoms with van der Waals surface area (Å²) in [5, 5.41) is 3.06. The van der Waals surface area contributed by atoms with E-state index < -0.39 is 0 Å². The van der Waals surface area contributed by atoms with E-state index in [2.05, 4.69) is 10.3 Å². The van der Waals surface area contributed by atoms with Crippen LogP contribution < -0.4 is 20.5 Å². The molecule has 0 fully saturated rings. The molecule has 0 saturated carbocycles. The molecule has 3 N–H and O–H groups in total. The van der Waals surface area contributed by atoms with Crippen molar-refractivity contribution in [3.8, 4) is 11.5 Å². The van der Waals surface area contributed by atoms with Gasteiger partial charge < -0.3 is 20.5 Å². The molecular formula is C14H21N3O2. The zero-order valence-corrected chi connectivity index (χ0v) is 11.7. The van der Waals surface area contributed by atoms with Gasteiger partial charge in [-0.15, -0.1) is 0 Å². The molecule has 0 aliphatic carbocycles. The Balaban J connectivity index is 2.14. The number of aliphatic imine (C=N–C) groups is 1. The van der Waals surface area contributed by atoms with E-state index in [0.717, 1.165) is 23.6 Å². The molecule has 2 rings (SSSR count). The maximum absolute atomic E-state index is 5.87. The van der Waals surface area contributed by atoms with Crippen LogP contribution in [0.25, 0.3) is 0 Å². The number of fused-ring (bicyclic) bond motifs is 1. The molecule has 0 saturated heterocycles. The van der Waals surface area contributed by atoms with Crippen LogP contribution in [0.2, 0.25) is 0 Å². The van der Waals surface area contributed by atoms with Crippen LogP contribution in [-0.2, 0) is 0 Å². The first-order chi connectivity index (χ1) is 8.94. The molecule has 0 unspecified atom stereocenters. The lowest BCUT2D eigenvalue weighted by Crippen LogP contribution is -2.27. The maximum Gasteiger partial charge on any atom is 0.193 e. The molecule has 5 heteroatoms. The Bertz CT molecular complexity index is 478. The first kappa shape index (κ1) is 13.5. The molecule has 1 aliphatic heterocycles. The smallest absolute Gasteiger partial charge is 0.193 e. The number of ether oxygens (including phenoxy) is 2. The number of benzene rings is 1. The topological polar surface area (TPSA) is 68.9 Å². The van der Waals surface area contributed by atoms with Crippen molar-refractivity contribution in [2.24, 2.45) is 10.7 Å². The van der Waals surface area contributed by atoms with E-state index in [1.807, 2.05) is 39.0 Å². The van der Waals surface area contributed by atoms with Crippen molar-refractivity contribution in [1.29, 1.82) is 0 Å². The first-order valence-corrected chi connectivity index (χ1v) is 6.46. The van der Waals surface area contributed by atoms with Gasteiger partial charge in [0, 0.05) is 18.2 Å². The fourth-order valence-electron chi connectivity index (χ4n) is 1.78. The summed E-state index contributed by atoms with van der Waals surface area (Å²) in [5.41, 5.74) is 6.50. The van der Waals surface area contributed by atoms with Crippen LogP contribution >= 0.6 is 0 Å². The number of anilines is 1. The lowest BCUT2D eigenvalue weighted by atomic mass is 10.1. The molecule has 1 aromatic rings. The van der Waals surface area contributed by atoms with Crippen molar-refractivity contribution in [1.82, 2.24) is 0 Å². The van der Waals surface area contributed by atoms with Crippen molar-refractivity contribution in [2.75, 3.05) is 18.5 Å². The molecular weight excluding hydrogens is 242 g/mol. The van der Waals surface area contributed by atoms with Crippen LogP contribution in [0.3, 0.4) is 0 Å². The minimum absolute atomic E-state index is 0.206. The van der Waals surface area contributed by atoms with Gasteiger partial charge in [-0.2, -0.15) is 0 Å². The Morgan fingerprint density at radius 3 is 2.58 bits per heavy atom. The van der Waals surface area contributed by atoms with E-state index in [1.54, 1.807) is 0 Å². The van der Waals surface area contributed by atoms with Crippen LogP contribution in [0.1, 0.15) is 27.2 Å². The molecule has 19 heavy (non-hydrogen) atoms. The summed E-state index contributed by atoms with van der Waals surface area (Å²) in [5.74, 6) is 1.91. The molecule has 0 spiro atoms. The number of hydrogen-bond donors (Lipinski definition) is 2. The summed E-state index contributed by atoms with van der Waals surface area (Å²) >= 11 is 0. The van der Waals surface area contributed by atoms with E-state index in [-0.39, 0.29) is 5.54 Å². The van der Waals surface area contributed by atoms with E-state index in [4.69, 9.17) is 15.2 Å². The van der Waals surface area contributed by atoms with Gasteiger partial charge in [-0.1, -0.05) is 0 Å². The molecule has 1 heterocycles. The largest absolute Gasteiger partial charge is 0.490 e. The highest BCUT2D eigenvalue weighted by Crippen LogP contribution is 2.32. The van der Waals surface area contributed by atoms with Gasteiger partial charge in [0.25, 0.3) is 0 Å². The molecule has 5 nitrogen and oxygen atoms in total. The van der Waals surface area contributed by atoms with Crippen molar-refractivity contribution in [3.05, 3.63) is 18.2 Å². The molecule has 1 aromatic carbocycles. The normalized spacial score (nSPS) is 15.8. The SMILES string of the molecule is CC(C)(C)N=C(N)Nc1ccc2c(c1)OCCCO2. The standard InChI is InChI=1S/C14H21N3O2/c1-14(2,3)17-13(15)16-10-5-6-11-12(9-10)19-8-4-7-18-11/h5-6,9H,4,7-8H2,1-3H3,(H3,15,16,17). The lowest BCUT2D eigenvalue weighted by molar-refractivity contribution is 0.297. The molecule has 1 aliphatic rings. The Kier molecular flexibility index (Phi) is 3.83. The fraction of sp³-hybridized carbons (Fsp3) is 0.500. The first-order valence-electron chi connectivity index (χ1n) is 6.46. The third-order valence-electron chi connectivity index (χ3n) is 2.48. The summed E-state index contributed by atoms with van der Waals surface area (Å²) in [6, 6.07) is 5.66. The Hall–Kier alpha value is -1.91. The van der Waals surface area contributed by atoms with Gasteiger partial charge >= 0.3 is 0 Å². The average Bonchev–Trinajstić information content (AvgIpc) is 2.50. The van der Waals surface area contributed by atoms with Crippen LogP contribution in [0, 0.1) is 0 Å². The number of rotatable bonds is 1. The van der Waals surface area contributed by atoms with Crippen molar-refractivity contribution in [3.63, 3.8) is 0 Å². The summed E-state index contributed by atoms with van der Waals surface area (Å²) in [4.78, 5) is 4.35. The number of hydrogen-bond acceptors (Lipinski definition) is 3. The predicted molar refractivity (Wildman–Crippen MR) is 77.0 cm³/mol. The second-order valence-corrected chi connectivity index (χ2v) is 5.50. The highest BCUT2D eigenvalue weighted by molar-refractivity contribution is 5.92. The quantitative estimate of drug-likeness (QED) is 0.603. The van der Waals surface area contributed by atoms with Crippen LogP contribution in [0.4, 0.5) is 5.69 Å². The third-order valence-corrected chi connectivity index (χ3v) is 2.48. The van der Waals surface area contributed by atoms with Gasteiger partial charge in [-0.05, 0) is 32.9 Å². The van der Waals surface area contributed by atoms with Crippen LogP contribution in [-0.4, -0.2) is 24.7 Å². The van der Waals surface area contributed by atoms with E-state index >= 15 is 0 Å². The zero-order valence-electron chi connectivity index (χ0n) is 11.7. The molecule has 0 aromatic heterocycles. The average molecular weight is 263 g/mol. The zero-order chi connectivity index (χ0) is 13.9. The highest BCUT2D eigenvalue weighted by atomic mass is 16.5. The minimum Gasteiger partial charge on any atom is -0.490 e. The summed E-state index contributed by atoms with van der Waals surface area (Å²) < 4.78 is 11.2. The van der Waals surface area contributed by atoms with Gasteiger partial charge in [0.1, 0.15) is 0 Å². The summed E-state index contributed by atoms with van der Waals surface area (Å²) in [6.45, 7) is 7.34. The summed E-state index contributed by atoms with van der Waals surface area (Å²) in [6.07, 6.45) is 0.894. The van der Waals surface area contributed by atoms with Crippen molar-refractivity contribution < 1.29 is 9.47 Å². The van der Waals surface area contributed by atoms with Gasteiger partial charge in [-0.25, -0.2) is 4.99 Å². The molecule has 104 valence electrons. The molecule has 0 radical (unpaired) electrons. The summed E-state index contributed by atoms with van der Waals surface area (Å²) in [7, 11) is 0. The minimum atomic E-state index is -0.206. The lowest BCUT2D eigenvalue weighted by Gasteiger charge is -2.15. The number of guanidine groups is 1. The van der Waals surface area contributed by atoms with Gasteiger partial charge in [-0.3, -0.25) is 0 Å². The van der Waals surface area contributed by atoms with Crippen LogP contribution in [0.15, 0.2) is 23.2 Å². The number of nitrogens with zero attached hydrogens (tertiary/aromatic N) is 1. The highest BCUT2D eigenvalue weighted by Gasteiger charge is 2.12. The van der Waals surface area contributed by atoms with Crippen LogP contribution in [0.5, 0.6) is 11.5 Å². The monoisotopic (exact) mass is 263 g/mol. The van der Waals surface area contributed by atoms with E-state index in [0.29, 0.717) is 19.2 Å². The number of nitrogens with two attached hydrogens (primary N) is 1. The number of nitrogens with one attached hydrogen (secondary N) is 1. The van der Waals surface area contributed by atoms with Gasteiger partial charge in [0.15, 0.2) is 17.5 Å². The van der Waals surface area contributed by atoms with Gasteiger partial charge in [0.2, 0.25) is 0 Å². The van der Waals surface area contributed by atoms with E-state index in [1.165, 1.54) is 0 Å². The van der Waals surface area contributed by atoms with Gasteiger partial charge in [0.05, 0.1) is 18.8 Å². The predicted octanol–water partition coefficient (Wildman–Crippen LogP) is 2.37. The third kappa shape index (κ3) is 4.05. The molecule has 0 amide bonds. The Labute approximate surface area is 113 Å². The second kappa shape index (κ2) is 5.38. The molecule has 0 bridgehead atoms. The Morgan fingerprint density at radius 1 is 1.21 bits per heavy atom. The maximum atomic E-state index is 5.87. The second-order valence-electron chi connectivity index (χ2n) is 5.50. The molecule has 0 atom stereocenters. The Morgan fingerprint density at radius 2 is 1.89 bits per heavy atom. The van der Waals surface area contributed by atoms with E-state index in [9.17, 15) is 0 Å².